The van der Waals surface area contributed by atoms with Crippen LogP contribution in [0.4, 0.5) is 5.82 Å². The minimum atomic E-state index is 0.514. The first kappa shape index (κ1) is 14.8. The molecule has 1 N–H and O–H groups in total. The van der Waals surface area contributed by atoms with E-state index in [1.165, 1.54) is 11.8 Å². The van der Waals surface area contributed by atoms with Gasteiger partial charge in [-0.1, -0.05) is 20.3 Å². The lowest BCUT2D eigenvalue weighted by Gasteiger charge is -2.12. The Labute approximate surface area is 122 Å². The molecular formula is C13H19N5OS. The molecule has 0 aromatic carbocycles. The summed E-state index contributed by atoms with van der Waals surface area (Å²) in [4.78, 5) is 8.69. The third-order valence-electron chi connectivity index (χ3n) is 2.64. The van der Waals surface area contributed by atoms with Gasteiger partial charge in [0.15, 0.2) is 0 Å². The van der Waals surface area contributed by atoms with Crippen molar-refractivity contribution in [2.24, 2.45) is 0 Å². The van der Waals surface area contributed by atoms with Crippen LogP contribution in [0, 0.1) is 6.92 Å². The molecule has 0 aliphatic carbocycles. The molecule has 0 saturated heterocycles. The smallest absolute Gasteiger partial charge is 0.282 e. The van der Waals surface area contributed by atoms with Gasteiger partial charge in [0.25, 0.3) is 5.22 Å². The number of aryl methyl sites for hydroxylation is 1. The molecule has 0 fully saturated rings. The number of aromatic nitrogens is 4. The molecule has 2 aromatic heterocycles. The van der Waals surface area contributed by atoms with E-state index in [2.05, 4.69) is 39.3 Å². The molecule has 0 unspecified atom stereocenters. The van der Waals surface area contributed by atoms with Gasteiger partial charge in [-0.05, 0) is 24.6 Å². The van der Waals surface area contributed by atoms with Crippen molar-refractivity contribution in [3.8, 4) is 0 Å². The van der Waals surface area contributed by atoms with E-state index >= 15 is 0 Å². The fourth-order valence-electron chi connectivity index (χ4n) is 1.76. The molecule has 2 aromatic rings. The molecule has 0 atom stereocenters. The molecule has 0 amide bonds. The van der Waals surface area contributed by atoms with Gasteiger partial charge in [-0.3, -0.25) is 0 Å². The predicted molar refractivity (Wildman–Crippen MR) is 78.0 cm³/mol. The summed E-state index contributed by atoms with van der Waals surface area (Å²) in [7, 11) is 0. The number of nitrogens with one attached hydrogen (secondary N) is 1. The zero-order valence-corrected chi connectivity index (χ0v) is 12.8. The third-order valence-corrected chi connectivity index (χ3v) is 3.52. The molecule has 0 aliphatic heterocycles. The van der Waals surface area contributed by atoms with E-state index in [0.717, 1.165) is 42.2 Å². The molecule has 0 aliphatic rings. The minimum absolute atomic E-state index is 0.514. The van der Waals surface area contributed by atoms with E-state index in [1.54, 1.807) is 13.3 Å². The van der Waals surface area contributed by atoms with Gasteiger partial charge < -0.3 is 9.73 Å². The number of hydrogen-bond acceptors (Lipinski definition) is 7. The minimum Gasteiger partial charge on any atom is -0.416 e. The Morgan fingerprint density at radius 3 is 2.70 bits per heavy atom. The topological polar surface area (TPSA) is 76.7 Å². The number of rotatable bonds is 7. The summed E-state index contributed by atoms with van der Waals surface area (Å²) in [6.07, 6.45) is 4.58. The Morgan fingerprint density at radius 1 is 1.20 bits per heavy atom. The maximum absolute atomic E-state index is 5.40. The van der Waals surface area contributed by atoms with Gasteiger partial charge in [-0.15, -0.1) is 10.2 Å². The molecule has 7 heteroatoms. The SMILES string of the molecule is CCCNc1ncnc(Sc2nnc(C)o2)c1CCC. The fourth-order valence-corrected chi connectivity index (χ4v) is 2.59. The second-order valence-corrected chi connectivity index (χ2v) is 5.31. The lowest BCUT2D eigenvalue weighted by atomic mass is 10.2. The van der Waals surface area contributed by atoms with Gasteiger partial charge in [-0.25, -0.2) is 9.97 Å². The summed E-state index contributed by atoms with van der Waals surface area (Å²) >= 11 is 1.39. The lowest BCUT2D eigenvalue weighted by Crippen LogP contribution is -2.07. The van der Waals surface area contributed by atoms with Gasteiger partial charge >= 0.3 is 0 Å². The maximum Gasteiger partial charge on any atom is 0.282 e. The van der Waals surface area contributed by atoms with Gasteiger partial charge in [0, 0.05) is 19.0 Å². The first-order chi connectivity index (χ1) is 9.74. The Morgan fingerprint density at radius 2 is 2.05 bits per heavy atom. The Hall–Kier alpha value is -1.63. The normalized spacial score (nSPS) is 10.8. The van der Waals surface area contributed by atoms with E-state index in [9.17, 15) is 0 Å². The number of anilines is 1. The van der Waals surface area contributed by atoms with Crippen molar-refractivity contribution in [3.05, 3.63) is 17.8 Å². The quantitative estimate of drug-likeness (QED) is 0.786. The van der Waals surface area contributed by atoms with Crippen molar-refractivity contribution in [3.63, 3.8) is 0 Å². The van der Waals surface area contributed by atoms with Crippen LogP contribution in [0.25, 0.3) is 0 Å². The number of hydrogen-bond donors (Lipinski definition) is 1. The summed E-state index contributed by atoms with van der Waals surface area (Å²) in [6.45, 7) is 6.95. The Balaban J connectivity index is 2.25. The highest BCUT2D eigenvalue weighted by Crippen LogP contribution is 2.31. The molecule has 0 spiro atoms. The largest absolute Gasteiger partial charge is 0.416 e. The van der Waals surface area contributed by atoms with Crippen LogP contribution < -0.4 is 5.32 Å². The average molecular weight is 293 g/mol. The zero-order valence-electron chi connectivity index (χ0n) is 12.0. The predicted octanol–water partition coefficient (Wildman–Crippen LogP) is 3.09. The van der Waals surface area contributed by atoms with Crippen molar-refractivity contribution in [2.45, 2.75) is 50.3 Å². The first-order valence-electron chi connectivity index (χ1n) is 6.80. The van der Waals surface area contributed by atoms with Crippen LogP contribution >= 0.6 is 11.8 Å². The molecule has 2 heterocycles. The highest BCUT2D eigenvalue weighted by molar-refractivity contribution is 7.99. The lowest BCUT2D eigenvalue weighted by molar-refractivity contribution is 0.429. The summed E-state index contributed by atoms with van der Waals surface area (Å²) < 4.78 is 5.40. The van der Waals surface area contributed by atoms with Crippen LogP contribution in [0.3, 0.4) is 0 Å². The van der Waals surface area contributed by atoms with Crippen molar-refractivity contribution >= 4 is 17.6 Å². The molecule has 0 radical (unpaired) electrons. The van der Waals surface area contributed by atoms with Crippen molar-refractivity contribution < 1.29 is 4.42 Å². The van der Waals surface area contributed by atoms with E-state index in [-0.39, 0.29) is 0 Å². The van der Waals surface area contributed by atoms with Crippen molar-refractivity contribution in [2.75, 3.05) is 11.9 Å². The summed E-state index contributed by atoms with van der Waals surface area (Å²) in [5, 5.41) is 12.6. The fraction of sp³-hybridized carbons (Fsp3) is 0.538. The van der Waals surface area contributed by atoms with Gasteiger partial charge in [0.2, 0.25) is 5.89 Å². The summed E-state index contributed by atoms with van der Waals surface area (Å²) in [5.74, 6) is 1.46. The standard InChI is InChI=1S/C13H19N5OS/c1-4-6-10-11(14-7-5-2)15-8-16-12(10)20-13-18-17-9(3)19-13/h8H,4-7H2,1-3H3,(H,14,15,16). The molecule has 20 heavy (non-hydrogen) atoms. The average Bonchev–Trinajstić information content (AvgIpc) is 2.85. The molecular weight excluding hydrogens is 274 g/mol. The van der Waals surface area contributed by atoms with Gasteiger partial charge in [0.05, 0.1) is 0 Å². The van der Waals surface area contributed by atoms with Crippen LogP contribution in [-0.4, -0.2) is 26.7 Å². The highest BCUT2D eigenvalue weighted by atomic mass is 32.2. The van der Waals surface area contributed by atoms with Gasteiger partial charge in [0.1, 0.15) is 17.2 Å². The third kappa shape index (κ3) is 3.69. The molecule has 0 saturated carbocycles. The van der Waals surface area contributed by atoms with Crippen LogP contribution in [0.2, 0.25) is 0 Å². The second kappa shape index (κ2) is 7.23. The van der Waals surface area contributed by atoms with E-state index in [4.69, 9.17) is 4.42 Å². The molecule has 2 rings (SSSR count). The summed E-state index contributed by atoms with van der Waals surface area (Å²) in [5.41, 5.74) is 1.12. The number of nitrogens with zero attached hydrogens (tertiary/aromatic N) is 4. The Kier molecular flexibility index (Phi) is 5.34. The van der Waals surface area contributed by atoms with E-state index in [1.807, 2.05) is 0 Å². The molecule has 0 bridgehead atoms. The monoisotopic (exact) mass is 293 g/mol. The van der Waals surface area contributed by atoms with Crippen molar-refractivity contribution in [1.29, 1.82) is 0 Å². The zero-order chi connectivity index (χ0) is 14.4. The summed E-state index contributed by atoms with van der Waals surface area (Å²) in [6, 6.07) is 0. The van der Waals surface area contributed by atoms with Gasteiger partial charge in [-0.2, -0.15) is 0 Å². The van der Waals surface area contributed by atoms with Crippen LogP contribution in [0.5, 0.6) is 0 Å². The van der Waals surface area contributed by atoms with Crippen molar-refractivity contribution in [1.82, 2.24) is 20.2 Å². The Bertz CT molecular complexity index is 557. The van der Waals surface area contributed by atoms with E-state index < -0.39 is 0 Å². The van der Waals surface area contributed by atoms with Crippen LogP contribution in [-0.2, 0) is 6.42 Å². The highest BCUT2D eigenvalue weighted by Gasteiger charge is 2.14. The molecule has 6 nitrogen and oxygen atoms in total. The second-order valence-electron chi connectivity index (χ2n) is 4.37. The van der Waals surface area contributed by atoms with Crippen LogP contribution in [0.1, 0.15) is 38.1 Å². The molecule has 108 valence electrons. The first-order valence-corrected chi connectivity index (χ1v) is 7.62. The van der Waals surface area contributed by atoms with Crippen LogP contribution in [0.15, 0.2) is 21.0 Å². The maximum atomic E-state index is 5.40. The van der Waals surface area contributed by atoms with E-state index in [0.29, 0.717) is 11.1 Å².